The molecule has 4 atom stereocenters. The van der Waals surface area contributed by atoms with Gasteiger partial charge in [0.25, 0.3) is 0 Å². The molecule has 0 saturated carbocycles. The zero-order valence-electron chi connectivity index (χ0n) is 31.9. The van der Waals surface area contributed by atoms with Gasteiger partial charge in [-0.05, 0) is 76.6 Å². The van der Waals surface area contributed by atoms with E-state index in [0.717, 1.165) is 32.0 Å². The summed E-state index contributed by atoms with van der Waals surface area (Å²) in [5.74, 6) is 0.746. The monoisotopic (exact) mass is 709 g/mol. The minimum absolute atomic E-state index is 0.143. The molecule has 0 aliphatic carbocycles. The smallest absolute Gasteiger partial charge is 0.126 e. The Kier molecular flexibility index (Phi) is 16.2. The van der Waals surface area contributed by atoms with Crippen LogP contribution in [0.5, 0.6) is 5.75 Å². The van der Waals surface area contributed by atoms with Crippen LogP contribution in [0.2, 0.25) is 0 Å². The van der Waals surface area contributed by atoms with E-state index < -0.39 is 31.0 Å². The quantitative estimate of drug-likeness (QED) is 0.0786. The highest BCUT2D eigenvalue weighted by Crippen LogP contribution is 2.51. The summed E-state index contributed by atoms with van der Waals surface area (Å²) >= 11 is 3.48. The molecule has 2 aromatic carbocycles. The maximum atomic E-state index is 11.9. The molecule has 0 spiro atoms. The summed E-state index contributed by atoms with van der Waals surface area (Å²) in [5, 5.41) is 53.4. The lowest BCUT2D eigenvalue weighted by Crippen LogP contribution is -2.47. The average Bonchev–Trinajstić information content (AvgIpc) is 2.97. The number of hydrogen-bond acceptors (Lipinski definition) is 10. The highest BCUT2D eigenvalue weighted by Gasteiger charge is 2.34. The van der Waals surface area contributed by atoms with E-state index in [1.54, 1.807) is 23.5 Å². The van der Waals surface area contributed by atoms with Crippen molar-refractivity contribution in [3.05, 3.63) is 51.4 Å². The molecule has 8 nitrogen and oxygen atoms in total. The van der Waals surface area contributed by atoms with Crippen molar-refractivity contribution in [2.45, 2.75) is 164 Å². The van der Waals surface area contributed by atoms with E-state index in [2.05, 4.69) is 119 Å². The molecular weight excluding hydrogens is 647 g/mol. The Morgan fingerprint density at radius 3 is 1.46 bits per heavy atom. The van der Waals surface area contributed by atoms with Crippen LogP contribution in [-0.4, -0.2) is 67.2 Å². The van der Waals surface area contributed by atoms with Crippen LogP contribution in [0.1, 0.15) is 132 Å². The highest BCUT2D eigenvalue weighted by molar-refractivity contribution is 8.18. The van der Waals surface area contributed by atoms with Crippen molar-refractivity contribution in [1.82, 2.24) is 0 Å². The minimum atomic E-state index is -1.73. The standard InChI is InChI=1S/C36H57NO7S2.C2H6/c1-20(2)23-14-21(15-24(29(23)37-43)33(3,4)5)45-36(12,13)46-22-16-25(34(6,7)8)32(26(17-22)35(9,10)11)44-19-28(40)31(42)30(41)27(39)18-38;1-2/h14-17,20,27-28,30-31,38-42H,18-19H2,1-13H3;1-2H3. The maximum Gasteiger partial charge on any atom is 0.126 e. The number of thioether (sulfide) groups is 2. The number of nitroso groups, excluding NO2 is 1. The SMILES string of the molecule is CC.CC(C)c1cc(SC(C)(C)Sc2cc(C(C)(C)C)c(OCC(O)C(O)C(O)C(O)CO)c(C(C)(C)C)c2)cc(C(C)(C)C)c1N=O. The molecule has 0 amide bonds. The van der Waals surface area contributed by atoms with E-state index in [0.29, 0.717) is 11.4 Å². The van der Waals surface area contributed by atoms with Gasteiger partial charge in [-0.3, -0.25) is 0 Å². The van der Waals surface area contributed by atoms with E-state index in [1.807, 2.05) is 13.8 Å². The number of aliphatic hydroxyl groups excluding tert-OH is 5. The fourth-order valence-electron chi connectivity index (χ4n) is 5.15. The average molecular weight is 710 g/mol. The third-order valence-corrected chi connectivity index (χ3v) is 10.2. The first-order chi connectivity index (χ1) is 21.8. The van der Waals surface area contributed by atoms with Gasteiger partial charge in [0.2, 0.25) is 0 Å². The second-order valence-electron chi connectivity index (χ2n) is 16.0. The third kappa shape index (κ3) is 12.0. The van der Waals surface area contributed by atoms with E-state index in [4.69, 9.17) is 9.84 Å². The van der Waals surface area contributed by atoms with Crippen molar-refractivity contribution in [1.29, 1.82) is 0 Å². The molecule has 0 heterocycles. The lowest BCUT2D eigenvalue weighted by molar-refractivity contribution is -0.121. The van der Waals surface area contributed by atoms with Crippen LogP contribution < -0.4 is 4.74 Å². The third-order valence-electron chi connectivity index (χ3n) is 7.76. The zero-order valence-corrected chi connectivity index (χ0v) is 33.6. The molecule has 0 radical (unpaired) electrons. The molecule has 0 fully saturated rings. The van der Waals surface area contributed by atoms with Crippen molar-refractivity contribution < 1.29 is 30.3 Å². The van der Waals surface area contributed by atoms with Gasteiger partial charge in [0.05, 0.1) is 10.7 Å². The first kappa shape index (κ1) is 44.4. The lowest BCUT2D eigenvalue weighted by atomic mass is 9.79. The van der Waals surface area contributed by atoms with Crippen LogP contribution in [0.4, 0.5) is 5.69 Å². The summed E-state index contributed by atoms with van der Waals surface area (Å²) in [7, 11) is 0. The summed E-state index contributed by atoms with van der Waals surface area (Å²) in [4.78, 5) is 14.1. The predicted octanol–water partition coefficient (Wildman–Crippen LogP) is 8.56. The number of ether oxygens (including phenoxy) is 1. The number of nitrogens with zero attached hydrogens (tertiary/aromatic N) is 1. The maximum absolute atomic E-state index is 11.9. The van der Waals surface area contributed by atoms with Gasteiger partial charge in [0.1, 0.15) is 42.5 Å². The Balaban J connectivity index is 0.00000565. The number of hydrogen-bond donors (Lipinski definition) is 5. The van der Waals surface area contributed by atoms with E-state index in [1.165, 1.54) is 0 Å². The Bertz CT molecular complexity index is 1310. The van der Waals surface area contributed by atoms with Crippen molar-refractivity contribution in [3.8, 4) is 5.75 Å². The molecule has 2 aromatic rings. The van der Waals surface area contributed by atoms with Crippen molar-refractivity contribution >= 4 is 29.2 Å². The summed E-state index contributed by atoms with van der Waals surface area (Å²) in [5.41, 5.74) is 3.35. The van der Waals surface area contributed by atoms with Crippen molar-refractivity contribution in [2.75, 3.05) is 13.2 Å². The summed E-state index contributed by atoms with van der Waals surface area (Å²) in [6.07, 6.45) is -6.53. The minimum Gasteiger partial charge on any atom is -0.490 e. The fraction of sp³-hybridized carbons (Fsp3) is 0.684. The first-order valence-corrected chi connectivity index (χ1v) is 18.5. The number of aliphatic hydroxyl groups is 5. The molecule has 10 heteroatoms. The Labute approximate surface area is 298 Å². The number of benzene rings is 2. The fourth-order valence-corrected chi connectivity index (χ4v) is 7.75. The summed E-state index contributed by atoms with van der Waals surface area (Å²) in [6.45, 7) is 30.3. The van der Waals surface area contributed by atoms with Crippen LogP contribution in [-0.2, 0) is 16.2 Å². The lowest BCUT2D eigenvalue weighted by Gasteiger charge is -2.33. The molecule has 0 saturated heterocycles. The van der Waals surface area contributed by atoms with Crippen LogP contribution >= 0.6 is 23.5 Å². The molecule has 274 valence electrons. The Hall–Kier alpha value is -1.66. The van der Waals surface area contributed by atoms with Gasteiger partial charge in [-0.1, -0.05) is 90.0 Å². The van der Waals surface area contributed by atoms with Gasteiger partial charge in [0.15, 0.2) is 0 Å². The van der Waals surface area contributed by atoms with Crippen LogP contribution in [0.25, 0.3) is 0 Å². The zero-order chi connectivity index (χ0) is 37.6. The van der Waals surface area contributed by atoms with Crippen LogP contribution in [0.3, 0.4) is 0 Å². The van der Waals surface area contributed by atoms with E-state index >= 15 is 0 Å². The van der Waals surface area contributed by atoms with Gasteiger partial charge in [-0.2, -0.15) is 0 Å². The Morgan fingerprint density at radius 1 is 0.688 bits per heavy atom. The summed E-state index contributed by atoms with van der Waals surface area (Å²) < 4.78 is 5.93. The second-order valence-corrected chi connectivity index (χ2v) is 19.6. The van der Waals surface area contributed by atoms with E-state index in [-0.39, 0.29) is 32.8 Å². The van der Waals surface area contributed by atoms with Crippen molar-refractivity contribution in [2.24, 2.45) is 5.18 Å². The molecule has 0 aliphatic rings. The molecule has 48 heavy (non-hydrogen) atoms. The molecule has 0 aliphatic heterocycles. The highest BCUT2D eigenvalue weighted by atomic mass is 32.2. The molecule has 4 unspecified atom stereocenters. The van der Waals surface area contributed by atoms with Gasteiger partial charge in [0, 0.05) is 20.9 Å². The van der Waals surface area contributed by atoms with Gasteiger partial charge >= 0.3 is 0 Å². The molecule has 0 bridgehead atoms. The topological polar surface area (TPSA) is 140 Å². The first-order valence-electron chi connectivity index (χ1n) is 16.9. The number of rotatable bonds is 13. The van der Waals surface area contributed by atoms with E-state index in [9.17, 15) is 25.3 Å². The second kappa shape index (κ2) is 17.5. The summed E-state index contributed by atoms with van der Waals surface area (Å²) in [6, 6.07) is 8.43. The van der Waals surface area contributed by atoms with Crippen LogP contribution in [0, 0.1) is 4.91 Å². The molecule has 2 rings (SSSR count). The predicted molar refractivity (Wildman–Crippen MR) is 202 cm³/mol. The molecule has 5 N–H and O–H groups in total. The van der Waals surface area contributed by atoms with Crippen molar-refractivity contribution in [3.63, 3.8) is 0 Å². The molecular formula is C38H63NO7S2. The van der Waals surface area contributed by atoms with Gasteiger partial charge < -0.3 is 30.3 Å². The Morgan fingerprint density at radius 2 is 1.08 bits per heavy atom. The van der Waals surface area contributed by atoms with Gasteiger partial charge in [-0.15, -0.1) is 28.4 Å². The molecule has 0 aromatic heterocycles. The van der Waals surface area contributed by atoms with Gasteiger partial charge in [-0.25, -0.2) is 0 Å². The largest absolute Gasteiger partial charge is 0.490 e. The van der Waals surface area contributed by atoms with Crippen LogP contribution in [0.15, 0.2) is 39.2 Å². The normalized spacial score (nSPS) is 15.4.